The molecule has 17 rings (SSSR count). The molecule has 0 bridgehead atoms. The van der Waals surface area contributed by atoms with Gasteiger partial charge in [-0.2, -0.15) is 0 Å². The number of benzene rings is 12. The largest absolute Gasteiger partial charge is 0.310 e. The summed E-state index contributed by atoms with van der Waals surface area (Å²) in [5, 5.41) is 2.57. The van der Waals surface area contributed by atoms with E-state index in [0.29, 0.717) is 0 Å². The molecule has 12 aromatic carbocycles. The summed E-state index contributed by atoms with van der Waals surface area (Å²) in [4.78, 5) is 5.03. The maximum atomic E-state index is 2.52. The standard InChI is InChI=1S/C82H62N2S/c1-49-27-37-62-64-40-34-55(46-74(64)80(4,5)72(62)43-49)83(56-35-41-65-63-38-28-50(2)44-73(63)81(6,7)75(65)47-56)54-33-39-58(51(3)45-54)52-29-31-53(32-30-52)84(77-25-16-21-68-67-20-11-15-26-78(67)85-79(68)77)57-36-42-66-61-19-10-14-24-71(61)82(76(66)48-57)69-22-12-8-17-59(69)60-18-9-13-23-70(60)82/h8-48H,1-7H3. The van der Waals surface area contributed by atoms with Crippen LogP contribution in [0, 0.1) is 20.8 Å². The van der Waals surface area contributed by atoms with Crippen molar-refractivity contribution in [1.82, 2.24) is 0 Å². The SMILES string of the molecule is Cc1ccc2c(c1)C(C)(C)c1cc(N(c3ccc(-c4ccc(N(c5ccc6c(c5)C5(c7ccccc7-c7ccccc75)c5ccccc5-6)c5cccc6c5sc5ccccc56)cc4)c(C)c3)c3ccc4c(c3)C(C)(C)c3cc(C)ccc3-4)ccc1-2. The van der Waals surface area contributed by atoms with Crippen molar-refractivity contribution < 1.29 is 0 Å². The maximum absolute atomic E-state index is 2.52. The Kier molecular flexibility index (Phi) is 10.6. The van der Waals surface area contributed by atoms with E-state index < -0.39 is 5.41 Å². The lowest BCUT2D eigenvalue weighted by Gasteiger charge is -2.32. The summed E-state index contributed by atoms with van der Waals surface area (Å²) < 4.78 is 2.57. The number of rotatable bonds is 7. The number of hydrogen-bond acceptors (Lipinski definition) is 3. The molecule has 0 aliphatic heterocycles. The topological polar surface area (TPSA) is 6.48 Å². The van der Waals surface area contributed by atoms with Gasteiger partial charge in [0.2, 0.25) is 0 Å². The van der Waals surface area contributed by atoms with Crippen LogP contribution in [0.1, 0.15) is 88.9 Å². The lowest BCUT2D eigenvalue weighted by atomic mass is 9.70. The fourth-order valence-corrected chi connectivity index (χ4v) is 17.1. The van der Waals surface area contributed by atoms with Gasteiger partial charge in [0, 0.05) is 54.7 Å². The molecule has 85 heavy (non-hydrogen) atoms. The normalized spacial score (nSPS) is 14.6. The Balaban J connectivity index is 0.798. The fraction of sp³-hybridized carbons (Fsp3) is 0.122. The van der Waals surface area contributed by atoms with Crippen LogP contribution in [-0.4, -0.2) is 0 Å². The first kappa shape index (κ1) is 50.0. The van der Waals surface area contributed by atoms with E-state index in [4.69, 9.17) is 0 Å². The first-order chi connectivity index (χ1) is 41.4. The summed E-state index contributed by atoms with van der Waals surface area (Å²) in [7, 11) is 0. The van der Waals surface area contributed by atoms with Crippen molar-refractivity contribution in [1.29, 1.82) is 0 Å². The highest BCUT2D eigenvalue weighted by atomic mass is 32.1. The van der Waals surface area contributed by atoms with Gasteiger partial charge < -0.3 is 9.80 Å². The van der Waals surface area contributed by atoms with Gasteiger partial charge in [-0.05, 0) is 199 Å². The Morgan fingerprint density at radius 3 is 1.24 bits per heavy atom. The molecule has 3 heteroatoms. The second-order valence-corrected chi connectivity index (χ2v) is 26.4. The Hall–Kier alpha value is -9.54. The predicted molar refractivity (Wildman–Crippen MR) is 360 cm³/mol. The van der Waals surface area contributed by atoms with E-state index in [1.54, 1.807) is 0 Å². The molecule has 13 aromatic rings. The third-order valence-corrected chi connectivity index (χ3v) is 21.1. The van der Waals surface area contributed by atoms with Gasteiger partial charge in [0.25, 0.3) is 0 Å². The molecule has 406 valence electrons. The molecule has 0 saturated carbocycles. The summed E-state index contributed by atoms with van der Waals surface area (Å²) in [6.07, 6.45) is 0. The van der Waals surface area contributed by atoms with Crippen molar-refractivity contribution in [2.45, 2.75) is 64.7 Å². The zero-order chi connectivity index (χ0) is 57.3. The van der Waals surface area contributed by atoms with E-state index in [1.807, 2.05) is 11.3 Å². The molecular weight excluding hydrogens is 1040 g/mol. The first-order valence-electron chi connectivity index (χ1n) is 30.1. The quantitative estimate of drug-likeness (QED) is 0.157. The van der Waals surface area contributed by atoms with Crippen molar-refractivity contribution >= 4 is 65.6 Å². The van der Waals surface area contributed by atoms with Gasteiger partial charge in [-0.3, -0.25) is 0 Å². The molecule has 4 aliphatic carbocycles. The zero-order valence-electron chi connectivity index (χ0n) is 49.0. The van der Waals surface area contributed by atoms with Gasteiger partial charge in [-0.15, -0.1) is 11.3 Å². The average Bonchev–Trinajstić information content (AvgIpc) is 1.54. The van der Waals surface area contributed by atoms with E-state index in [2.05, 4.69) is 307 Å². The second kappa shape index (κ2) is 18.0. The minimum atomic E-state index is -0.460. The van der Waals surface area contributed by atoms with Crippen molar-refractivity contribution in [3.05, 3.63) is 310 Å². The van der Waals surface area contributed by atoms with E-state index in [0.717, 1.165) is 28.4 Å². The molecule has 0 unspecified atom stereocenters. The number of anilines is 6. The molecule has 0 amide bonds. The van der Waals surface area contributed by atoms with Gasteiger partial charge in [0.1, 0.15) is 0 Å². The van der Waals surface area contributed by atoms with Gasteiger partial charge >= 0.3 is 0 Å². The monoisotopic (exact) mass is 1110 g/mol. The minimum Gasteiger partial charge on any atom is -0.310 e. The molecular formula is C82H62N2S. The van der Waals surface area contributed by atoms with Crippen LogP contribution in [0.15, 0.2) is 249 Å². The van der Waals surface area contributed by atoms with Crippen molar-refractivity contribution in [2.24, 2.45) is 0 Å². The molecule has 0 atom stereocenters. The van der Waals surface area contributed by atoms with Gasteiger partial charge in [0.05, 0.1) is 15.8 Å². The number of aryl methyl sites for hydroxylation is 3. The summed E-state index contributed by atoms with van der Waals surface area (Å²) in [6.45, 7) is 16.3. The highest BCUT2D eigenvalue weighted by Crippen LogP contribution is 2.64. The molecule has 4 aliphatic rings. The molecule has 1 aromatic heterocycles. The Labute approximate surface area is 502 Å². The maximum Gasteiger partial charge on any atom is 0.0726 e. The molecule has 2 nitrogen and oxygen atoms in total. The van der Waals surface area contributed by atoms with Gasteiger partial charge in [0.15, 0.2) is 0 Å². The number of thiophene rings is 1. The van der Waals surface area contributed by atoms with Crippen LogP contribution in [0.25, 0.3) is 75.8 Å². The Bertz CT molecular complexity index is 4830. The lowest BCUT2D eigenvalue weighted by Crippen LogP contribution is -2.26. The predicted octanol–water partition coefficient (Wildman–Crippen LogP) is 22.5. The van der Waals surface area contributed by atoms with Crippen LogP contribution in [0.2, 0.25) is 0 Å². The van der Waals surface area contributed by atoms with E-state index in [9.17, 15) is 0 Å². The van der Waals surface area contributed by atoms with Crippen molar-refractivity contribution in [3.63, 3.8) is 0 Å². The van der Waals surface area contributed by atoms with Crippen LogP contribution in [0.4, 0.5) is 34.1 Å². The molecule has 0 radical (unpaired) electrons. The third kappa shape index (κ3) is 6.99. The van der Waals surface area contributed by atoms with E-state index in [-0.39, 0.29) is 10.8 Å². The smallest absolute Gasteiger partial charge is 0.0726 e. The minimum absolute atomic E-state index is 0.146. The Morgan fingerprint density at radius 1 is 0.294 bits per heavy atom. The molecule has 1 heterocycles. The van der Waals surface area contributed by atoms with Crippen LogP contribution in [0.5, 0.6) is 0 Å². The Morgan fingerprint density at radius 2 is 0.694 bits per heavy atom. The van der Waals surface area contributed by atoms with Crippen LogP contribution in [-0.2, 0) is 16.2 Å². The van der Waals surface area contributed by atoms with E-state index >= 15 is 0 Å². The molecule has 0 fully saturated rings. The molecule has 0 saturated heterocycles. The average molecular weight is 1110 g/mol. The van der Waals surface area contributed by atoms with Gasteiger partial charge in [-0.1, -0.05) is 215 Å². The second-order valence-electron chi connectivity index (χ2n) is 25.4. The summed E-state index contributed by atoms with van der Waals surface area (Å²) in [5.74, 6) is 0. The van der Waals surface area contributed by atoms with Crippen LogP contribution in [0.3, 0.4) is 0 Å². The van der Waals surface area contributed by atoms with E-state index in [1.165, 1.54) is 143 Å². The van der Waals surface area contributed by atoms with Gasteiger partial charge in [-0.25, -0.2) is 0 Å². The van der Waals surface area contributed by atoms with Crippen LogP contribution < -0.4 is 9.80 Å². The van der Waals surface area contributed by atoms with Crippen LogP contribution >= 0.6 is 11.3 Å². The highest BCUT2D eigenvalue weighted by molar-refractivity contribution is 7.26. The molecule has 1 spiro atoms. The number of hydrogen-bond donors (Lipinski definition) is 0. The molecule has 0 N–H and O–H groups in total. The number of nitrogens with zero attached hydrogens (tertiary/aromatic N) is 2. The third-order valence-electron chi connectivity index (χ3n) is 19.9. The zero-order valence-corrected chi connectivity index (χ0v) is 49.8. The summed E-state index contributed by atoms with van der Waals surface area (Å²) >= 11 is 1.88. The lowest BCUT2D eigenvalue weighted by molar-refractivity contribution is 0.659. The van der Waals surface area contributed by atoms with Crippen molar-refractivity contribution in [2.75, 3.05) is 9.80 Å². The number of fused-ring (bicyclic) bond motifs is 19. The summed E-state index contributed by atoms with van der Waals surface area (Å²) in [5.41, 5.74) is 33.8. The first-order valence-corrected chi connectivity index (χ1v) is 30.9. The fourth-order valence-electron chi connectivity index (χ4n) is 15.9. The van der Waals surface area contributed by atoms with Crippen molar-refractivity contribution in [3.8, 4) is 55.6 Å². The summed E-state index contributed by atoms with van der Waals surface area (Å²) in [6, 6.07) is 95.1. The highest BCUT2D eigenvalue weighted by Gasteiger charge is 2.52.